The molecule has 0 radical (unpaired) electrons. The molecule has 0 amide bonds. The van der Waals surface area contributed by atoms with Gasteiger partial charge in [0, 0.05) is 37.9 Å². The van der Waals surface area contributed by atoms with E-state index in [1.54, 1.807) is 5.01 Å². The van der Waals surface area contributed by atoms with Gasteiger partial charge in [0.05, 0.1) is 0 Å². The van der Waals surface area contributed by atoms with Crippen LogP contribution in [0.5, 0.6) is 11.5 Å². The van der Waals surface area contributed by atoms with Crippen molar-refractivity contribution in [1.82, 2.24) is 29.6 Å². The lowest BCUT2D eigenvalue weighted by Gasteiger charge is -2.34. The molecule has 2 fully saturated rings. The Morgan fingerprint density at radius 1 is 1.13 bits per heavy atom. The predicted octanol–water partition coefficient (Wildman–Crippen LogP) is 1.87. The van der Waals surface area contributed by atoms with Crippen molar-refractivity contribution in [3.8, 4) is 11.5 Å². The van der Waals surface area contributed by atoms with Gasteiger partial charge in [0.15, 0.2) is 23.0 Å². The van der Waals surface area contributed by atoms with Crippen LogP contribution >= 0.6 is 0 Å². The molecule has 2 bridgehead atoms. The molecule has 30 heavy (non-hydrogen) atoms. The lowest BCUT2D eigenvalue weighted by Crippen LogP contribution is -2.49. The van der Waals surface area contributed by atoms with Gasteiger partial charge in [-0.25, -0.2) is 15.0 Å². The summed E-state index contributed by atoms with van der Waals surface area (Å²) < 4.78 is 65.1. The number of alkyl halides is 4. The summed E-state index contributed by atoms with van der Waals surface area (Å²) in [7, 11) is 0. The van der Waals surface area contributed by atoms with Crippen LogP contribution in [-0.4, -0.2) is 61.6 Å². The van der Waals surface area contributed by atoms with Crippen molar-refractivity contribution in [1.29, 1.82) is 0 Å². The maximum Gasteiger partial charge on any atom is 0.586 e. The predicted molar refractivity (Wildman–Crippen MR) is 93.9 cm³/mol. The highest BCUT2D eigenvalue weighted by Gasteiger charge is 2.54. The van der Waals surface area contributed by atoms with Gasteiger partial charge in [-0.2, -0.15) is 18.3 Å². The average Bonchev–Trinajstić information content (AvgIpc) is 3.38. The first-order valence-electron chi connectivity index (χ1n) is 9.34. The molecule has 3 aliphatic heterocycles. The van der Waals surface area contributed by atoms with E-state index in [1.807, 2.05) is 0 Å². The van der Waals surface area contributed by atoms with E-state index in [2.05, 4.69) is 24.5 Å². The summed E-state index contributed by atoms with van der Waals surface area (Å²) in [5.41, 5.74) is 6.34. The van der Waals surface area contributed by atoms with Crippen LogP contribution in [0.25, 0.3) is 16.6 Å². The lowest BCUT2D eigenvalue weighted by molar-refractivity contribution is -0.286. The molecule has 158 valence electrons. The summed E-state index contributed by atoms with van der Waals surface area (Å²) in [5, 5.41) is 7.45. The Labute approximate surface area is 165 Å². The first-order chi connectivity index (χ1) is 14.2. The highest BCUT2D eigenvalue weighted by Crippen LogP contribution is 2.46. The van der Waals surface area contributed by atoms with Crippen molar-refractivity contribution in [2.45, 2.75) is 25.2 Å². The molecule has 2 N–H and O–H groups in total. The quantitative estimate of drug-likeness (QED) is 0.502. The number of hydrazine groups is 1. The zero-order valence-corrected chi connectivity index (χ0v) is 15.4. The molecule has 1 aromatic carbocycles. The number of nitrogens with two attached hydrogens (primary N) is 1. The number of nitrogens with zero attached hydrogens (tertiary/aromatic N) is 6. The molecule has 5 heterocycles. The van der Waals surface area contributed by atoms with Gasteiger partial charge in [0.25, 0.3) is 0 Å². The van der Waals surface area contributed by atoms with Crippen LogP contribution in [0.2, 0.25) is 0 Å². The molecule has 13 heteroatoms. The van der Waals surface area contributed by atoms with Crippen molar-refractivity contribution < 1.29 is 27.0 Å². The van der Waals surface area contributed by atoms with Gasteiger partial charge >= 0.3 is 12.3 Å². The Morgan fingerprint density at radius 3 is 2.73 bits per heavy atom. The van der Waals surface area contributed by atoms with E-state index in [0.717, 1.165) is 5.01 Å². The van der Waals surface area contributed by atoms with Crippen molar-refractivity contribution >= 4 is 22.5 Å². The fourth-order valence-electron chi connectivity index (χ4n) is 4.43. The van der Waals surface area contributed by atoms with Crippen LogP contribution in [0.1, 0.15) is 12.2 Å². The Morgan fingerprint density at radius 2 is 1.97 bits per heavy atom. The second-order valence-corrected chi connectivity index (χ2v) is 7.67. The van der Waals surface area contributed by atoms with Gasteiger partial charge in [-0.15, -0.1) is 13.9 Å². The molecule has 2 aromatic heterocycles. The second-order valence-electron chi connectivity index (χ2n) is 7.67. The molecular formula is C17H15F4N7O2. The zero-order chi connectivity index (χ0) is 20.8. The number of hydrogen-bond donors (Lipinski definition) is 1. The van der Waals surface area contributed by atoms with Gasteiger partial charge in [0.2, 0.25) is 5.95 Å². The molecule has 0 aliphatic carbocycles. The summed E-state index contributed by atoms with van der Waals surface area (Å²) in [6.45, 7) is 1.25. The van der Waals surface area contributed by atoms with E-state index in [1.165, 1.54) is 16.6 Å². The van der Waals surface area contributed by atoms with Crippen molar-refractivity contribution in [2.24, 2.45) is 5.92 Å². The fourth-order valence-corrected chi connectivity index (χ4v) is 4.43. The number of anilines is 1. The first-order valence-corrected chi connectivity index (χ1v) is 9.34. The summed E-state index contributed by atoms with van der Waals surface area (Å²) >= 11 is 0. The molecule has 2 saturated heterocycles. The minimum Gasteiger partial charge on any atom is -0.395 e. The molecule has 2 unspecified atom stereocenters. The third-order valence-electron chi connectivity index (χ3n) is 5.63. The van der Waals surface area contributed by atoms with E-state index >= 15 is 0 Å². The Hall–Kier alpha value is -2.93. The van der Waals surface area contributed by atoms with Crippen molar-refractivity contribution in [2.75, 3.05) is 25.4 Å². The van der Waals surface area contributed by atoms with Crippen LogP contribution < -0.4 is 15.2 Å². The number of rotatable bonds is 3. The van der Waals surface area contributed by atoms with Crippen LogP contribution in [0.15, 0.2) is 12.1 Å². The molecular weight excluding hydrogens is 410 g/mol. The zero-order valence-electron chi connectivity index (χ0n) is 15.4. The Kier molecular flexibility index (Phi) is 3.34. The number of aromatic nitrogens is 4. The van der Waals surface area contributed by atoms with Crippen LogP contribution in [0.4, 0.5) is 23.5 Å². The molecule has 3 aliphatic rings. The third kappa shape index (κ3) is 2.51. The molecule has 0 spiro atoms. The summed E-state index contributed by atoms with van der Waals surface area (Å²) in [5.74, 6) is -0.104. The van der Waals surface area contributed by atoms with E-state index in [0.29, 0.717) is 42.9 Å². The van der Waals surface area contributed by atoms with E-state index in [-0.39, 0.29) is 35.3 Å². The number of halogens is 4. The van der Waals surface area contributed by atoms with Gasteiger partial charge in [-0.1, -0.05) is 0 Å². The molecule has 9 nitrogen and oxygen atoms in total. The topological polar surface area (TPSA) is 94.0 Å². The highest BCUT2D eigenvalue weighted by atomic mass is 19.3. The van der Waals surface area contributed by atoms with Gasteiger partial charge < -0.3 is 15.2 Å². The van der Waals surface area contributed by atoms with E-state index in [4.69, 9.17) is 5.73 Å². The monoisotopic (exact) mass is 425 g/mol. The minimum atomic E-state index is -3.79. The normalized spacial score (nSPS) is 26.3. The van der Waals surface area contributed by atoms with Gasteiger partial charge in [0.1, 0.15) is 5.52 Å². The van der Waals surface area contributed by atoms with Crippen molar-refractivity contribution in [3.05, 3.63) is 18.0 Å². The average molecular weight is 425 g/mol. The lowest BCUT2D eigenvalue weighted by atomic mass is 10.1. The standard InChI is InChI=1S/C17H15F4N7O2/c18-16(19)5-8-6-26(27(16)7-8)4-3-11-23-14-9-1-2-10-13(30-17(20,21)29-10)12(9)24-15(22)28(14)25-11/h1-2,8H,3-7H2,(H2,22,24). The first kappa shape index (κ1) is 17.9. The Bertz CT molecular complexity index is 1200. The molecule has 2 atom stereocenters. The molecule has 3 aromatic rings. The number of hydrogen-bond acceptors (Lipinski definition) is 8. The summed E-state index contributed by atoms with van der Waals surface area (Å²) in [6.07, 6.45) is -3.59. The smallest absolute Gasteiger partial charge is 0.395 e. The largest absolute Gasteiger partial charge is 0.586 e. The van der Waals surface area contributed by atoms with Crippen LogP contribution in [-0.2, 0) is 6.42 Å². The minimum absolute atomic E-state index is 0.0414. The number of benzene rings is 1. The summed E-state index contributed by atoms with van der Waals surface area (Å²) in [4.78, 5) is 8.56. The van der Waals surface area contributed by atoms with Gasteiger partial charge in [-0.05, 0) is 18.1 Å². The maximum absolute atomic E-state index is 13.9. The van der Waals surface area contributed by atoms with E-state index in [9.17, 15) is 17.6 Å². The summed E-state index contributed by atoms with van der Waals surface area (Å²) in [6, 6.07) is 0.0380. The third-order valence-corrected chi connectivity index (χ3v) is 5.63. The number of ether oxygens (including phenoxy) is 2. The van der Waals surface area contributed by atoms with Crippen LogP contribution in [0.3, 0.4) is 0 Å². The van der Waals surface area contributed by atoms with Crippen molar-refractivity contribution in [3.63, 3.8) is 0 Å². The molecule has 0 saturated carbocycles. The number of fused-ring (bicyclic) bond motifs is 7. The van der Waals surface area contributed by atoms with Gasteiger partial charge in [-0.3, -0.25) is 0 Å². The SMILES string of the molecule is Nc1nc2c3c(ccc2c2nc(CCN4CC5CN4C(F)(F)C5)nn12)OC(F)(F)O3. The highest BCUT2D eigenvalue weighted by molar-refractivity contribution is 5.97. The fraction of sp³-hybridized carbons (Fsp3) is 0.471. The maximum atomic E-state index is 13.9. The molecule has 6 rings (SSSR count). The van der Waals surface area contributed by atoms with E-state index < -0.39 is 12.3 Å². The van der Waals surface area contributed by atoms with Crippen LogP contribution in [0, 0.1) is 5.92 Å². The Balaban J connectivity index is 1.33. The number of nitrogen functional groups attached to an aromatic ring is 1. The second kappa shape index (κ2) is 5.60.